The summed E-state index contributed by atoms with van der Waals surface area (Å²) in [5.41, 5.74) is 4.03. The zero-order chi connectivity index (χ0) is 21.6. The molecule has 154 valence electrons. The van der Waals surface area contributed by atoms with Crippen molar-refractivity contribution in [3.63, 3.8) is 0 Å². The second kappa shape index (κ2) is 7.48. The average molecular weight is 449 g/mol. The molecule has 1 heterocycles. The summed E-state index contributed by atoms with van der Waals surface area (Å²) < 4.78 is 72.9. The number of H-pyrrole nitrogens is 1. The van der Waals surface area contributed by atoms with E-state index in [0.717, 1.165) is 0 Å². The van der Waals surface area contributed by atoms with Crippen molar-refractivity contribution in [3.05, 3.63) is 58.5 Å². The number of carbonyl (C=O) groups excluding carboxylic acids is 1. The minimum atomic E-state index is -4.88. The van der Waals surface area contributed by atoms with Crippen molar-refractivity contribution in [1.29, 1.82) is 0 Å². The number of carbonyl (C=O) groups is 1. The molecule has 0 radical (unpaired) electrons. The number of rotatable bonds is 5. The minimum Gasteiger partial charge on any atom is -0.364 e. The van der Waals surface area contributed by atoms with E-state index in [1.807, 2.05) is 0 Å². The summed E-state index contributed by atoms with van der Waals surface area (Å²) in [6, 6.07) is 5.83. The Kier molecular flexibility index (Phi) is 5.51. The highest BCUT2D eigenvalue weighted by Gasteiger charge is 2.39. The van der Waals surface area contributed by atoms with Gasteiger partial charge in [-0.2, -0.15) is 13.2 Å². The standard InChI is InChI=1S/C18H14ClF4N2O3P/c1-2-28-29(27,12-6-9(18(21,22)23)5-11(20)8-12)16-13-7-10(19)3-4-14(13)25-15(16)17(24)26/h3-8,25H,2H2,1H3,(H2,24,26). The minimum absolute atomic E-state index is 0.168. The third-order valence-electron chi connectivity index (χ3n) is 4.13. The Hall–Kier alpha value is -2.35. The van der Waals surface area contributed by atoms with Crippen LogP contribution in [0.25, 0.3) is 10.9 Å². The summed E-state index contributed by atoms with van der Waals surface area (Å²) in [5, 5.41) is -0.439. The number of alkyl halides is 3. The molecule has 0 aliphatic carbocycles. The molecule has 1 amide bonds. The van der Waals surface area contributed by atoms with Crippen LogP contribution in [0.3, 0.4) is 0 Å². The lowest BCUT2D eigenvalue weighted by Gasteiger charge is -2.20. The maximum Gasteiger partial charge on any atom is 0.416 e. The van der Waals surface area contributed by atoms with E-state index in [-0.39, 0.29) is 34.1 Å². The topological polar surface area (TPSA) is 85.2 Å². The van der Waals surface area contributed by atoms with Crippen molar-refractivity contribution in [2.24, 2.45) is 5.73 Å². The zero-order valence-corrected chi connectivity index (χ0v) is 16.5. The molecular formula is C18H14ClF4N2O3P. The van der Waals surface area contributed by atoms with Gasteiger partial charge in [0.1, 0.15) is 11.5 Å². The quantitative estimate of drug-likeness (QED) is 0.450. The third kappa shape index (κ3) is 3.90. The number of nitrogens with two attached hydrogens (primary N) is 1. The number of aromatic amines is 1. The Balaban J connectivity index is 2.41. The predicted octanol–water partition coefficient (Wildman–Crippen LogP) is 4.34. The highest BCUT2D eigenvalue weighted by Crippen LogP contribution is 2.48. The van der Waals surface area contributed by atoms with Crippen molar-refractivity contribution < 1.29 is 31.4 Å². The van der Waals surface area contributed by atoms with Gasteiger partial charge in [-0.1, -0.05) is 11.6 Å². The van der Waals surface area contributed by atoms with Crippen LogP contribution in [0, 0.1) is 5.82 Å². The number of hydrogen-bond donors (Lipinski definition) is 2. The third-order valence-corrected chi connectivity index (χ3v) is 6.98. The number of aromatic nitrogens is 1. The smallest absolute Gasteiger partial charge is 0.364 e. The first-order valence-corrected chi connectivity index (χ1v) is 10.2. The van der Waals surface area contributed by atoms with Crippen molar-refractivity contribution in [2.45, 2.75) is 13.1 Å². The van der Waals surface area contributed by atoms with Crippen molar-refractivity contribution >= 4 is 46.4 Å². The van der Waals surface area contributed by atoms with Crippen LogP contribution in [0.4, 0.5) is 17.6 Å². The Morgan fingerprint density at radius 1 is 1.24 bits per heavy atom. The number of amides is 1. The molecule has 5 nitrogen and oxygen atoms in total. The lowest BCUT2D eigenvalue weighted by Crippen LogP contribution is -2.27. The SMILES string of the molecule is CCOP(=O)(c1cc(F)cc(C(F)(F)F)c1)c1c(C(N)=O)[nH]c2ccc(Cl)cc12. The van der Waals surface area contributed by atoms with Gasteiger partial charge in [0.15, 0.2) is 0 Å². The first kappa shape index (κ1) is 21.4. The van der Waals surface area contributed by atoms with Crippen molar-refractivity contribution in [3.8, 4) is 0 Å². The number of hydrogen-bond acceptors (Lipinski definition) is 3. The second-order valence-corrected chi connectivity index (χ2v) is 8.83. The Labute approximate surface area is 167 Å². The van der Waals surface area contributed by atoms with Crippen LogP contribution in [0.1, 0.15) is 23.0 Å². The van der Waals surface area contributed by atoms with Gasteiger partial charge in [-0.3, -0.25) is 9.36 Å². The number of primary amides is 1. The first-order valence-electron chi connectivity index (χ1n) is 8.22. The maximum atomic E-state index is 14.0. The van der Waals surface area contributed by atoms with Crippen LogP contribution in [0.15, 0.2) is 36.4 Å². The fraction of sp³-hybridized carbons (Fsp3) is 0.167. The van der Waals surface area contributed by atoms with Gasteiger partial charge in [0, 0.05) is 21.2 Å². The number of nitrogens with one attached hydrogen (secondary N) is 1. The highest BCUT2D eigenvalue weighted by molar-refractivity contribution is 7.75. The van der Waals surface area contributed by atoms with E-state index in [1.165, 1.54) is 25.1 Å². The van der Waals surface area contributed by atoms with Crippen LogP contribution >= 0.6 is 19.0 Å². The van der Waals surface area contributed by atoms with Crippen molar-refractivity contribution in [1.82, 2.24) is 4.98 Å². The summed E-state index contributed by atoms with van der Waals surface area (Å²) in [6.45, 7) is 1.27. The summed E-state index contributed by atoms with van der Waals surface area (Å²) in [6.07, 6.45) is -4.88. The maximum absolute atomic E-state index is 14.0. The molecule has 11 heteroatoms. The normalized spacial score (nSPS) is 14.1. The Morgan fingerprint density at radius 2 is 1.93 bits per heavy atom. The van der Waals surface area contributed by atoms with Gasteiger partial charge in [-0.05, 0) is 43.3 Å². The number of benzene rings is 2. The molecule has 2 aromatic carbocycles. The summed E-state index contributed by atoms with van der Waals surface area (Å²) >= 11 is 5.99. The molecule has 0 aliphatic rings. The molecule has 0 bridgehead atoms. The monoisotopic (exact) mass is 448 g/mol. The first-order chi connectivity index (χ1) is 13.5. The van der Waals surface area contributed by atoms with E-state index in [1.54, 1.807) is 0 Å². The van der Waals surface area contributed by atoms with Crippen LogP contribution in [-0.4, -0.2) is 17.5 Å². The van der Waals surface area contributed by atoms with E-state index in [9.17, 15) is 26.9 Å². The van der Waals surface area contributed by atoms with Gasteiger partial charge < -0.3 is 15.2 Å². The summed E-state index contributed by atoms with van der Waals surface area (Å²) in [4.78, 5) is 14.7. The van der Waals surface area contributed by atoms with Gasteiger partial charge in [0.25, 0.3) is 13.3 Å². The molecule has 3 rings (SSSR count). The molecule has 1 unspecified atom stereocenters. The van der Waals surface area contributed by atoms with Gasteiger partial charge in [0.2, 0.25) is 0 Å². The molecule has 0 saturated carbocycles. The largest absolute Gasteiger partial charge is 0.416 e. The molecule has 3 N–H and O–H groups in total. The lowest BCUT2D eigenvalue weighted by atomic mass is 10.2. The van der Waals surface area contributed by atoms with Crippen LogP contribution in [0.5, 0.6) is 0 Å². The molecule has 29 heavy (non-hydrogen) atoms. The fourth-order valence-electron chi connectivity index (χ4n) is 2.99. The van der Waals surface area contributed by atoms with E-state index < -0.39 is 36.1 Å². The van der Waals surface area contributed by atoms with E-state index in [0.29, 0.717) is 17.6 Å². The molecule has 1 aromatic heterocycles. The van der Waals surface area contributed by atoms with E-state index >= 15 is 0 Å². The van der Waals surface area contributed by atoms with Crippen LogP contribution in [0.2, 0.25) is 5.02 Å². The molecule has 0 fully saturated rings. The fourth-order valence-corrected chi connectivity index (χ4v) is 5.63. The molecule has 1 atom stereocenters. The lowest BCUT2D eigenvalue weighted by molar-refractivity contribution is -0.137. The zero-order valence-electron chi connectivity index (χ0n) is 14.8. The Morgan fingerprint density at radius 3 is 2.52 bits per heavy atom. The van der Waals surface area contributed by atoms with E-state index in [4.69, 9.17) is 21.9 Å². The molecular weight excluding hydrogens is 435 g/mol. The molecule has 0 aliphatic heterocycles. The van der Waals surface area contributed by atoms with Gasteiger partial charge in [-0.15, -0.1) is 0 Å². The second-order valence-electron chi connectivity index (χ2n) is 6.07. The van der Waals surface area contributed by atoms with Crippen LogP contribution in [-0.2, 0) is 15.3 Å². The highest BCUT2D eigenvalue weighted by atomic mass is 35.5. The number of halogens is 5. The van der Waals surface area contributed by atoms with E-state index in [2.05, 4.69) is 4.98 Å². The summed E-state index contributed by atoms with van der Waals surface area (Å²) in [7, 11) is -4.39. The van der Waals surface area contributed by atoms with Gasteiger partial charge >= 0.3 is 6.18 Å². The molecule has 0 spiro atoms. The van der Waals surface area contributed by atoms with Crippen LogP contribution < -0.4 is 16.3 Å². The predicted molar refractivity (Wildman–Crippen MR) is 102 cm³/mol. The van der Waals surface area contributed by atoms with Gasteiger partial charge in [-0.25, -0.2) is 4.39 Å². The van der Waals surface area contributed by atoms with Gasteiger partial charge in [0.05, 0.1) is 17.5 Å². The summed E-state index contributed by atoms with van der Waals surface area (Å²) in [5.74, 6) is -2.27. The Bertz CT molecular complexity index is 1160. The number of fused-ring (bicyclic) bond motifs is 1. The average Bonchev–Trinajstić information content (AvgIpc) is 3.00. The molecule has 0 saturated heterocycles. The van der Waals surface area contributed by atoms with Crippen molar-refractivity contribution in [2.75, 3.05) is 6.61 Å². The molecule has 3 aromatic rings.